The lowest BCUT2D eigenvalue weighted by atomic mass is 10.0. The lowest BCUT2D eigenvalue weighted by Crippen LogP contribution is -2.40. The second-order valence-corrected chi connectivity index (χ2v) is 5.41. The highest BCUT2D eigenvalue weighted by molar-refractivity contribution is 7.99. The van der Waals surface area contributed by atoms with Crippen molar-refractivity contribution >= 4 is 11.8 Å². The second kappa shape index (κ2) is 5.08. The molecule has 0 spiro atoms. The molecular formula is C12H17NO2S. The van der Waals surface area contributed by atoms with Crippen molar-refractivity contribution in [1.82, 2.24) is 5.32 Å². The number of aliphatic hydroxyl groups is 1. The summed E-state index contributed by atoms with van der Waals surface area (Å²) in [6, 6.07) is 7.18. The van der Waals surface area contributed by atoms with Crippen molar-refractivity contribution in [2.24, 2.45) is 0 Å². The molecule has 1 saturated heterocycles. The van der Waals surface area contributed by atoms with E-state index in [2.05, 4.69) is 5.32 Å². The van der Waals surface area contributed by atoms with Gasteiger partial charge in [-0.2, -0.15) is 11.8 Å². The van der Waals surface area contributed by atoms with Gasteiger partial charge in [-0.3, -0.25) is 0 Å². The number of thioether (sulfide) groups is 1. The van der Waals surface area contributed by atoms with E-state index in [1.165, 1.54) is 0 Å². The molecular weight excluding hydrogens is 222 g/mol. The van der Waals surface area contributed by atoms with Gasteiger partial charge in [0.25, 0.3) is 0 Å². The average molecular weight is 239 g/mol. The molecule has 1 heterocycles. The predicted molar refractivity (Wildman–Crippen MR) is 66.7 cm³/mol. The summed E-state index contributed by atoms with van der Waals surface area (Å²) in [5.41, 5.74) is 0.496. The standard InChI is InChI=1S/C12H17NO2S/c14-11-3-1-2-10(6-11)7-13-8-12(15)4-5-16-9-12/h1-3,6,13-15H,4-5,7-9H2. The first-order chi connectivity index (χ1) is 7.68. The number of phenols is 1. The van der Waals surface area contributed by atoms with Gasteiger partial charge in [0, 0.05) is 18.8 Å². The summed E-state index contributed by atoms with van der Waals surface area (Å²) in [5, 5.41) is 22.6. The first kappa shape index (κ1) is 11.8. The minimum atomic E-state index is -0.540. The number of rotatable bonds is 4. The van der Waals surface area contributed by atoms with Gasteiger partial charge in [-0.05, 0) is 29.9 Å². The Morgan fingerprint density at radius 2 is 2.31 bits per heavy atom. The van der Waals surface area contributed by atoms with E-state index in [-0.39, 0.29) is 5.75 Å². The molecule has 3 N–H and O–H groups in total. The first-order valence-electron chi connectivity index (χ1n) is 5.47. The Hall–Kier alpha value is -0.710. The van der Waals surface area contributed by atoms with Crippen LogP contribution in [0, 0.1) is 0 Å². The third-order valence-corrected chi connectivity index (χ3v) is 4.01. The van der Waals surface area contributed by atoms with Crippen LogP contribution in [0.4, 0.5) is 0 Å². The maximum Gasteiger partial charge on any atom is 0.115 e. The summed E-state index contributed by atoms with van der Waals surface area (Å²) in [6.07, 6.45) is 0.866. The van der Waals surface area contributed by atoms with Gasteiger partial charge < -0.3 is 15.5 Å². The third kappa shape index (κ3) is 3.14. The molecule has 2 rings (SSSR count). The van der Waals surface area contributed by atoms with Crippen LogP contribution >= 0.6 is 11.8 Å². The normalized spacial score (nSPS) is 24.8. The van der Waals surface area contributed by atoms with Gasteiger partial charge in [0.15, 0.2) is 0 Å². The predicted octanol–water partition coefficient (Wildman–Crippen LogP) is 1.35. The van der Waals surface area contributed by atoms with Crippen molar-refractivity contribution < 1.29 is 10.2 Å². The highest BCUT2D eigenvalue weighted by atomic mass is 32.2. The van der Waals surface area contributed by atoms with Crippen LogP contribution in [0.1, 0.15) is 12.0 Å². The molecule has 1 fully saturated rings. The smallest absolute Gasteiger partial charge is 0.115 e. The van der Waals surface area contributed by atoms with Gasteiger partial charge in [0.05, 0.1) is 5.60 Å². The van der Waals surface area contributed by atoms with E-state index in [9.17, 15) is 10.2 Å². The summed E-state index contributed by atoms with van der Waals surface area (Å²) >= 11 is 1.80. The third-order valence-electron chi connectivity index (χ3n) is 2.78. The van der Waals surface area contributed by atoms with Crippen molar-refractivity contribution in [3.63, 3.8) is 0 Å². The number of aromatic hydroxyl groups is 1. The summed E-state index contributed by atoms with van der Waals surface area (Å²) in [4.78, 5) is 0. The summed E-state index contributed by atoms with van der Waals surface area (Å²) < 4.78 is 0. The molecule has 1 aromatic carbocycles. The van der Waals surface area contributed by atoms with E-state index in [1.54, 1.807) is 23.9 Å². The second-order valence-electron chi connectivity index (χ2n) is 4.30. The zero-order chi connectivity index (χ0) is 11.4. The number of phenolic OH excluding ortho intramolecular Hbond substituents is 1. The van der Waals surface area contributed by atoms with Crippen molar-refractivity contribution in [3.8, 4) is 5.75 Å². The van der Waals surface area contributed by atoms with Crippen LogP contribution in [-0.2, 0) is 6.54 Å². The molecule has 1 unspecified atom stereocenters. The Bertz CT molecular complexity index is 351. The number of nitrogens with one attached hydrogen (secondary N) is 1. The fourth-order valence-corrected chi connectivity index (χ4v) is 3.14. The van der Waals surface area contributed by atoms with Crippen LogP contribution in [0.2, 0.25) is 0 Å². The van der Waals surface area contributed by atoms with Crippen molar-refractivity contribution in [1.29, 1.82) is 0 Å². The molecule has 0 saturated carbocycles. The molecule has 0 aliphatic carbocycles. The zero-order valence-corrected chi connectivity index (χ0v) is 9.96. The van der Waals surface area contributed by atoms with Gasteiger partial charge in [-0.25, -0.2) is 0 Å². The monoisotopic (exact) mass is 239 g/mol. The highest BCUT2D eigenvalue weighted by Crippen LogP contribution is 2.27. The van der Waals surface area contributed by atoms with E-state index in [0.717, 1.165) is 23.5 Å². The molecule has 1 atom stereocenters. The van der Waals surface area contributed by atoms with E-state index in [1.807, 2.05) is 12.1 Å². The first-order valence-corrected chi connectivity index (χ1v) is 6.62. The minimum Gasteiger partial charge on any atom is -0.508 e. The molecule has 1 aliphatic heterocycles. The molecule has 0 radical (unpaired) electrons. The van der Waals surface area contributed by atoms with Crippen molar-refractivity contribution in [3.05, 3.63) is 29.8 Å². The largest absolute Gasteiger partial charge is 0.508 e. The summed E-state index contributed by atoms with van der Waals surface area (Å²) in [7, 11) is 0. The topological polar surface area (TPSA) is 52.5 Å². The SMILES string of the molecule is Oc1cccc(CNCC2(O)CCSC2)c1. The van der Waals surface area contributed by atoms with Gasteiger partial charge in [-0.15, -0.1) is 0 Å². The Balaban J connectivity index is 1.79. The van der Waals surface area contributed by atoms with Gasteiger partial charge in [0.1, 0.15) is 5.75 Å². The minimum absolute atomic E-state index is 0.287. The number of hydrogen-bond acceptors (Lipinski definition) is 4. The molecule has 0 bridgehead atoms. The zero-order valence-electron chi connectivity index (χ0n) is 9.15. The molecule has 1 aliphatic rings. The Morgan fingerprint density at radius 3 is 3.00 bits per heavy atom. The van der Waals surface area contributed by atoms with Crippen LogP contribution in [0.25, 0.3) is 0 Å². The highest BCUT2D eigenvalue weighted by Gasteiger charge is 2.30. The Kier molecular flexibility index (Phi) is 3.74. The van der Waals surface area contributed by atoms with Gasteiger partial charge in [0.2, 0.25) is 0 Å². The maximum absolute atomic E-state index is 10.1. The van der Waals surface area contributed by atoms with E-state index in [4.69, 9.17) is 0 Å². The molecule has 0 aromatic heterocycles. The fraction of sp³-hybridized carbons (Fsp3) is 0.500. The van der Waals surface area contributed by atoms with Crippen LogP contribution in [0.3, 0.4) is 0 Å². The molecule has 4 heteroatoms. The molecule has 3 nitrogen and oxygen atoms in total. The van der Waals surface area contributed by atoms with Gasteiger partial charge >= 0.3 is 0 Å². The Morgan fingerprint density at radius 1 is 1.44 bits per heavy atom. The van der Waals surface area contributed by atoms with Crippen LogP contribution in [-0.4, -0.2) is 33.9 Å². The average Bonchev–Trinajstić information content (AvgIpc) is 2.65. The molecule has 16 heavy (non-hydrogen) atoms. The van der Waals surface area contributed by atoms with E-state index < -0.39 is 5.60 Å². The lowest BCUT2D eigenvalue weighted by molar-refractivity contribution is 0.0675. The lowest BCUT2D eigenvalue weighted by Gasteiger charge is -2.21. The summed E-state index contributed by atoms with van der Waals surface area (Å²) in [6.45, 7) is 1.30. The van der Waals surface area contributed by atoms with Crippen molar-refractivity contribution in [2.75, 3.05) is 18.1 Å². The van der Waals surface area contributed by atoms with Gasteiger partial charge in [-0.1, -0.05) is 12.1 Å². The van der Waals surface area contributed by atoms with Crippen LogP contribution in [0.15, 0.2) is 24.3 Å². The summed E-state index contributed by atoms with van der Waals surface area (Å²) in [5.74, 6) is 2.15. The van der Waals surface area contributed by atoms with Crippen LogP contribution in [0.5, 0.6) is 5.75 Å². The van der Waals surface area contributed by atoms with Crippen LogP contribution < -0.4 is 5.32 Å². The maximum atomic E-state index is 10.1. The Labute approximate surface area is 99.9 Å². The number of hydrogen-bond donors (Lipinski definition) is 3. The molecule has 0 amide bonds. The number of benzene rings is 1. The van der Waals surface area contributed by atoms with E-state index in [0.29, 0.717) is 13.1 Å². The van der Waals surface area contributed by atoms with Crippen molar-refractivity contribution in [2.45, 2.75) is 18.6 Å². The quantitative estimate of drug-likeness (QED) is 0.742. The molecule has 88 valence electrons. The fourth-order valence-electron chi connectivity index (χ4n) is 1.84. The molecule has 1 aromatic rings. The van der Waals surface area contributed by atoms with E-state index >= 15 is 0 Å².